The maximum Gasteiger partial charge on any atom is 0.0655 e. The highest BCUT2D eigenvalue weighted by Crippen LogP contribution is 2.31. The number of thiophene rings is 1. The van der Waals surface area contributed by atoms with Crippen LogP contribution < -0.4 is 5.73 Å². The molecular formula is C16H16N2S. The van der Waals surface area contributed by atoms with Crippen molar-refractivity contribution in [3.63, 3.8) is 0 Å². The predicted molar refractivity (Wildman–Crippen MR) is 81.5 cm³/mol. The van der Waals surface area contributed by atoms with Crippen molar-refractivity contribution >= 4 is 22.1 Å². The van der Waals surface area contributed by atoms with Gasteiger partial charge in [-0.15, -0.1) is 11.3 Å². The molecule has 0 aliphatic heterocycles. The molecule has 0 aliphatic rings. The number of hydrogen-bond donors (Lipinski definition) is 1. The van der Waals surface area contributed by atoms with E-state index in [1.54, 1.807) is 11.3 Å². The number of nitrogens with two attached hydrogens (primary N) is 1. The number of hydrogen-bond acceptors (Lipinski definition) is 3. The lowest BCUT2D eigenvalue weighted by atomic mass is 9.97. The molecule has 19 heavy (non-hydrogen) atoms. The van der Waals surface area contributed by atoms with Crippen LogP contribution in [-0.2, 0) is 6.42 Å². The van der Waals surface area contributed by atoms with Crippen LogP contribution in [0.2, 0.25) is 0 Å². The summed E-state index contributed by atoms with van der Waals surface area (Å²) in [7, 11) is 0. The lowest BCUT2D eigenvalue weighted by Gasteiger charge is -2.15. The van der Waals surface area contributed by atoms with Gasteiger partial charge in [0.2, 0.25) is 0 Å². The first-order valence-electron chi connectivity index (χ1n) is 6.45. The van der Waals surface area contributed by atoms with Crippen LogP contribution in [0.1, 0.15) is 29.0 Å². The largest absolute Gasteiger partial charge is 0.320 e. The lowest BCUT2D eigenvalue weighted by Crippen LogP contribution is -2.12. The van der Waals surface area contributed by atoms with Gasteiger partial charge in [-0.05, 0) is 40.4 Å². The fourth-order valence-electron chi connectivity index (χ4n) is 2.46. The van der Waals surface area contributed by atoms with Gasteiger partial charge in [-0.25, -0.2) is 0 Å². The summed E-state index contributed by atoms with van der Waals surface area (Å²) in [6, 6.07) is 10.4. The predicted octanol–water partition coefficient (Wildman–Crippen LogP) is 3.91. The minimum absolute atomic E-state index is 0.0668. The van der Waals surface area contributed by atoms with E-state index in [1.165, 1.54) is 15.8 Å². The molecule has 3 aromatic rings. The maximum absolute atomic E-state index is 6.49. The van der Waals surface area contributed by atoms with E-state index >= 15 is 0 Å². The molecule has 0 fully saturated rings. The number of benzene rings is 1. The van der Waals surface area contributed by atoms with Gasteiger partial charge < -0.3 is 5.73 Å². The standard InChI is InChI=1S/C16H16N2S/c1-2-11-7-9-19-16(11)15(17)13-5-3-4-12-6-8-18-10-14(12)13/h3-10,15H,2,17H2,1H3. The minimum Gasteiger partial charge on any atom is -0.320 e. The molecule has 96 valence electrons. The molecule has 0 saturated carbocycles. The molecule has 1 unspecified atom stereocenters. The Morgan fingerprint density at radius 2 is 2.16 bits per heavy atom. The molecule has 3 rings (SSSR count). The van der Waals surface area contributed by atoms with Crippen molar-refractivity contribution in [2.24, 2.45) is 5.73 Å². The van der Waals surface area contributed by atoms with E-state index in [0.717, 1.165) is 17.4 Å². The van der Waals surface area contributed by atoms with E-state index in [-0.39, 0.29) is 6.04 Å². The van der Waals surface area contributed by atoms with Crippen LogP contribution in [0.25, 0.3) is 10.8 Å². The molecule has 0 bridgehead atoms. The highest BCUT2D eigenvalue weighted by molar-refractivity contribution is 7.10. The van der Waals surface area contributed by atoms with E-state index in [4.69, 9.17) is 5.73 Å². The number of aryl methyl sites for hydroxylation is 1. The molecule has 0 spiro atoms. The van der Waals surface area contributed by atoms with Gasteiger partial charge in [0, 0.05) is 22.7 Å². The number of nitrogens with zero attached hydrogens (tertiary/aromatic N) is 1. The Bertz CT molecular complexity index is 697. The van der Waals surface area contributed by atoms with Crippen LogP contribution in [-0.4, -0.2) is 4.98 Å². The van der Waals surface area contributed by atoms with Crippen LogP contribution in [0.15, 0.2) is 48.1 Å². The summed E-state index contributed by atoms with van der Waals surface area (Å²) >= 11 is 1.74. The first-order chi connectivity index (χ1) is 9.31. The molecule has 1 aromatic carbocycles. The van der Waals surface area contributed by atoms with Crippen LogP contribution >= 0.6 is 11.3 Å². The molecular weight excluding hydrogens is 252 g/mol. The normalized spacial score (nSPS) is 12.7. The molecule has 3 heteroatoms. The Morgan fingerprint density at radius 3 is 3.00 bits per heavy atom. The second-order valence-corrected chi connectivity index (χ2v) is 5.53. The monoisotopic (exact) mass is 268 g/mol. The third-order valence-electron chi connectivity index (χ3n) is 3.50. The first-order valence-corrected chi connectivity index (χ1v) is 7.33. The quantitative estimate of drug-likeness (QED) is 0.782. The molecule has 2 N–H and O–H groups in total. The van der Waals surface area contributed by atoms with Crippen molar-refractivity contribution in [1.82, 2.24) is 4.98 Å². The van der Waals surface area contributed by atoms with Crippen molar-refractivity contribution in [3.8, 4) is 0 Å². The van der Waals surface area contributed by atoms with Crippen molar-refractivity contribution < 1.29 is 0 Å². The SMILES string of the molecule is CCc1ccsc1C(N)c1cccc2ccncc12. The number of fused-ring (bicyclic) bond motifs is 1. The van der Waals surface area contributed by atoms with Crippen LogP contribution in [0.5, 0.6) is 0 Å². The molecule has 0 aliphatic carbocycles. The van der Waals surface area contributed by atoms with E-state index in [0.29, 0.717) is 0 Å². The smallest absolute Gasteiger partial charge is 0.0655 e. The number of aromatic nitrogens is 1. The zero-order chi connectivity index (χ0) is 13.2. The Morgan fingerprint density at radius 1 is 1.26 bits per heavy atom. The Labute approximate surface area is 116 Å². The third-order valence-corrected chi connectivity index (χ3v) is 4.54. The second kappa shape index (κ2) is 5.11. The maximum atomic E-state index is 6.49. The van der Waals surface area contributed by atoms with Gasteiger partial charge in [0.05, 0.1) is 6.04 Å². The highest BCUT2D eigenvalue weighted by Gasteiger charge is 2.16. The summed E-state index contributed by atoms with van der Waals surface area (Å²) in [5.74, 6) is 0. The van der Waals surface area contributed by atoms with Crippen molar-refractivity contribution in [3.05, 3.63) is 64.1 Å². The zero-order valence-corrected chi connectivity index (χ0v) is 11.7. The second-order valence-electron chi connectivity index (χ2n) is 4.59. The van der Waals surface area contributed by atoms with Gasteiger partial charge in [0.1, 0.15) is 0 Å². The van der Waals surface area contributed by atoms with Crippen molar-refractivity contribution in [2.45, 2.75) is 19.4 Å². The summed E-state index contributed by atoms with van der Waals surface area (Å²) in [6.07, 6.45) is 4.75. The Kier molecular flexibility index (Phi) is 3.32. The number of pyridine rings is 1. The summed E-state index contributed by atoms with van der Waals surface area (Å²) in [6.45, 7) is 2.17. The van der Waals surface area contributed by atoms with E-state index in [2.05, 4.69) is 41.6 Å². The van der Waals surface area contributed by atoms with Crippen LogP contribution in [0, 0.1) is 0 Å². The van der Waals surface area contributed by atoms with Crippen molar-refractivity contribution in [1.29, 1.82) is 0 Å². The van der Waals surface area contributed by atoms with Gasteiger partial charge in [0.15, 0.2) is 0 Å². The first kappa shape index (κ1) is 12.3. The van der Waals surface area contributed by atoms with Gasteiger partial charge >= 0.3 is 0 Å². The van der Waals surface area contributed by atoms with E-state index in [9.17, 15) is 0 Å². The van der Waals surface area contributed by atoms with Gasteiger partial charge in [-0.1, -0.05) is 25.1 Å². The topological polar surface area (TPSA) is 38.9 Å². The van der Waals surface area contributed by atoms with Gasteiger partial charge in [0.25, 0.3) is 0 Å². The molecule has 2 aromatic heterocycles. The third kappa shape index (κ3) is 2.15. The van der Waals surface area contributed by atoms with E-state index in [1.807, 2.05) is 18.5 Å². The average molecular weight is 268 g/mol. The molecule has 0 saturated heterocycles. The van der Waals surface area contributed by atoms with Crippen LogP contribution in [0.3, 0.4) is 0 Å². The summed E-state index contributed by atoms with van der Waals surface area (Å²) in [5, 5.41) is 4.46. The summed E-state index contributed by atoms with van der Waals surface area (Å²) in [5.41, 5.74) is 8.99. The zero-order valence-electron chi connectivity index (χ0n) is 10.8. The Hall–Kier alpha value is -1.71. The molecule has 0 radical (unpaired) electrons. The highest BCUT2D eigenvalue weighted by atomic mass is 32.1. The molecule has 0 amide bonds. The molecule has 2 heterocycles. The number of rotatable bonds is 3. The molecule has 1 atom stereocenters. The summed E-state index contributed by atoms with van der Waals surface area (Å²) in [4.78, 5) is 5.49. The fraction of sp³-hybridized carbons (Fsp3) is 0.188. The summed E-state index contributed by atoms with van der Waals surface area (Å²) < 4.78 is 0. The van der Waals surface area contributed by atoms with Crippen LogP contribution in [0.4, 0.5) is 0 Å². The Balaban J connectivity index is 2.14. The average Bonchev–Trinajstić information content (AvgIpc) is 2.94. The minimum atomic E-state index is -0.0668. The lowest BCUT2D eigenvalue weighted by molar-refractivity contribution is 0.882. The van der Waals surface area contributed by atoms with E-state index < -0.39 is 0 Å². The van der Waals surface area contributed by atoms with Gasteiger partial charge in [-0.2, -0.15) is 0 Å². The van der Waals surface area contributed by atoms with Gasteiger partial charge in [-0.3, -0.25) is 4.98 Å². The fourth-order valence-corrected chi connectivity index (χ4v) is 3.48. The molecule has 2 nitrogen and oxygen atoms in total. The van der Waals surface area contributed by atoms with Crippen molar-refractivity contribution in [2.75, 3.05) is 0 Å².